The Kier molecular flexibility index (Phi) is 4.59. The van der Waals surface area contributed by atoms with Crippen LogP contribution in [0.15, 0.2) is 18.5 Å². The van der Waals surface area contributed by atoms with Gasteiger partial charge in [0.1, 0.15) is 29.7 Å². The van der Waals surface area contributed by atoms with Gasteiger partial charge in [-0.05, 0) is 18.6 Å². The lowest BCUT2D eigenvalue weighted by Gasteiger charge is -2.25. The van der Waals surface area contributed by atoms with Crippen molar-refractivity contribution in [1.82, 2.24) is 20.2 Å². The van der Waals surface area contributed by atoms with E-state index in [9.17, 15) is 18.4 Å². The number of nitriles is 1. The number of halogens is 3. The van der Waals surface area contributed by atoms with Crippen LogP contribution < -0.4 is 4.90 Å². The predicted octanol–water partition coefficient (Wildman–Crippen LogP) is 2.10. The summed E-state index contributed by atoms with van der Waals surface area (Å²) in [5, 5.41) is 15.8. The van der Waals surface area contributed by atoms with Crippen molar-refractivity contribution < 1.29 is 17.9 Å². The summed E-state index contributed by atoms with van der Waals surface area (Å²) in [4.78, 5) is 9.27. The highest BCUT2D eigenvalue weighted by atomic mass is 19.4. The number of H-pyrrole nitrogens is 1. The van der Waals surface area contributed by atoms with Gasteiger partial charge in [0, 0.05) is 26.1 Å². The number of ether oxygens (including phenoxy) is 1. The number of hydrogen-bond donors (Lipinski definition) is 1. The second-order valence-electron chi connectivity index (χ2n) is 5.73. The molecule has 1 N–H and O–H groups in total. The minimum Gasteiger partial charge on any atom is -0.376 e. The van der Waals surface area contributed by atoms with Crippen molar-refractivity contribution in [3.05, 3.63) is 35.5 Å². The maximum absolute atomic E-state index is 12.9. The minimum absolute atomic E-state index is 0.0239. The van der Waals surface area contributed by atoms with Crippen LogP contribution in [0.5, 0.6) is 0 Å². The van der Waals surface area contributed by atoms with E-state index in [1.807, 2.05) is 6.07 Å². The standard InChI is InChI=1S/C15H15F3N6O/c1-24(7-11-10(4-5-25-11)13-20-8-21-23-13)14-9(6-19)2-3-12(22-14)15(16,17)18/h2-3,8,10-11H,4-5,7H2,1H3,(H,20,21,23)/t10-,11-/m1/s1. The van der Waals surface area contributed by atoms with E-state index in [2.05, 4.69) is 20.2 Å². The third kappa shape index (κ3) is 3.56. The van der Waals surface area contributed by atoms with Gasteiger partial charge >= 0.3 is 6.18 Å². The molecule has 7 nitrogen and oxygen atoms in total. The lowest BCUT2D eigenvalue weighted by Crippen LogP contribution is -2.33. The van der Waals surface area contributed by atoms with Crippen LogP contribution in [0, 0.1) is 11.3 Å². The molecule has 0 saturated carbocycles. The van der Waals surface area contributed by atoms with Gasteiger partial charge in [0.15, 0.2) is 0 Å². The van der Waals surface area contributed by atoms with Gasteiger partial charge < -0.3 is 9.64 Å². The Balaban J connectivity index is 1.83. The minimum atomic E-state index is -4.57. The van der Waals surface area contributed by atoms with Crippen LogP contribution in [0.1, 0.15) is 29.4 Å². The first kappa shape index (κ1) is 17.2. The zero-order valence-corrected chi connectivity index (χ0v) is 13.3. The summed E-state index contributed by atoms with van der Waals surface area (Å²) in [6.45, 7) is 0.791. The molecular formula is C15H15F3N6O. The molecule has 0 bridgehead atoms. The maximum atomic E-state index is 12.9. The highest BCUT2D eigenvalue weighted by molar-refractivity contribution is 5.54. The van der Waals surface area contributed by atoms with Crippen molar-refractivity contribution in [3.63, 3.8) is 0 Å². The fourth-order valence-electron chi connectivity index (χ4n) is 2.88. The Morgan fingerprint density at radius 1 is 1.44 bits per heavy atom. The summed E-state index contributed by atoms with van der Waals surface area (Å²) in [6.07, 6.45) is -2.73. The smallest absolute Gasteiger partial charge is 0.376 e. The molecule has 1 aliphatic rings. The van der Waals surface area contributed by atoms with E-state index in [0.29, 0.717) is 12.4 Å². The fourth-order valence-corrected chi connectivity index (χ4v) is 2.88. The number of pyridine rings is 1. The number of nitrogens with zero attached hydrogens (tertiary/aromatic N) is 5. The second-order valence-corrected chi connectivity index (χ2v) is 5.73. The molecule has 2 atom stereocenters. The molecular weight excluding hydrogens is 337 g/mol. The number of anilines is 1. The van der Waals surface area contributed by atoms with Crippen LogP contribution in [0.2, 0.25) is 0 Å². The van der Waals surface area contributed by atoms with E-state index >= 15 is 0 Å². The van der Waals surface area contributed by atoms with Crippen molar-refractivity contribution in [2.24, 2.45) is 0 Å². The van der Waals surface area contributed by atoms with Crippen LogP contribution in [0.4, 0.5) is 19.0 Å². The average Bonchev–Trinajstić information content (AvgIpc) is 3.24. The molecule has 0 amide bonds. The first-order chi connectivity index (χ1) is 11.9. The zero-order valence-electron chi connectivity index (χ0n) is 13.3. The SMILES string of the molecule is CN(C[C@H]1OCC[C@H]1c1ncn[nH]1)c1nc(C(F)(F)F)ccc1C#N. The molecule has 25 heavy (non-hydrogen) atoms. The van der Waals surface area contributed by atoms with Gasteiger partial charge in [-0.25, -0.2) is 9.97 Å². The summed E-state index contributed by atoms with van der Waals surface area (Å²) < 4.78 is 44.4. The highest BCUT2D eigenvalue weighted by Crippen LogP contribution is 2.32. The molecule has 2 aromatic rings. The highest BCUT2D eigenvalue weighted by Gasteiger charge is 2.35. The van der Waals surface area contributed by atoms with Gasteiger partial charge in [-0.3, -0.25) is 5.10 Å². The molecule has 3 rings (SSSR count). The van der Waals surface area contributed by atoms with Crippen molar-refractivity contribution in [2.45, 2.75) is 24.6 Å². The first-order valence-electron chi connectivity index (χ1n) is 7.56. The van der Waals surface area contributed by atoms with Crippen molar-refractivity contribution in [1.29, 1.82) is 5.26 Å². The number of likely N-dealkylation sites (N-methyl/N-ethyl adjacent to an activating group) is 1. The molecule has 3 heterocycles. The van der Waals surface area contributed by atoms with Crippen LogP contribution in [0.3, 0.4) is 0 Å². The van der Waals surface area contributed by atoms with Gasteiger partial charge in [0.25, 0.3) is 0 Å². The lowest BCUT2D eigenvalue weighted by atomic mass is 10.0. The molecule has 0 radical (unpaired) electrons. The van der Waals surface area contributed by atoms with E-state index in [0.717, 1.165) is 18.6 Å². The van der Waals surface area contributed by atoms with Gasteiger partial charge in [0.2, 0.25) is 0 Å². The lowest BCUT2D eigenvalue weighted by molar-refractivity contribution is -0.141. The number of nitrogens with one attached hydrogen (secondary N) is 1. The molecule has 1 saturated heterocycles. The van der Waals surface area contributed by atoms with Crippen LogP contribution in [-0.2, 0) is 10.9 Å². The van der Waals surface area contributed by atoms with Crippen molar-refractivity contribution in [3.8, 4) is 6.07 Å². The van der Waals surface area contributed by atoms with Gasteiger partial charge in [-0.2, -0.15) is 23.5 Å². The number of hydrogen-bond acceptors (Lipinski definition) is 6. The van der Waals surface area contributed by atoms with E-state index in [1.165, 1.54) is 11.2 Å². The van der Waals surface area contributed by atoms with E-state index < -0.39 is 11.9 Å². The summed E-state index contributed by atoms with van der Waals surface area (Å²) in [5.74, 6) is 0.610. The molecule has 1 aliphatic heterocycles. The average molecular weight is 352 g/mol. The fraction of sp³-hybridized carbons (Fsp3) is 0.467. The summed E-state index contributed by atoms with van der Waals surface area (Å²) in [6, 6.07) is 3.81. The molecule has 2 aromatic heterocycles. The topological polar surface area (TPSA) is 90.7 Å². The monoisotopic (exact) mass is 352 g/mol. The summed E-state index contributed by atoms with van der Waals surface area (Å²) in [5.41, 5.74) is -0.961. The quantitative estimate of drug-likeness (QED) is 0.906. The Labute approximate surface area is 141 Å². The molecule has 0 aromatic carbocycles. The normalized spacial score (nSPS) is 20.4. The largest absolute Gasteiger partial charge is 0.433 e. The number of aromatic amines is 1. The van der Waals surface area contributed by atoms with Crippen molar-refractivity contribution in [2.75, 3.05) is 25.1 Å². The van der Waals surface area contributed by atoms with Gasteiger partial charge in [0.05, 0.1) is 11.7 Å². The third-order valence-electron chi connectivity index (χ3n) is 4.10. The second kappa shape index (κ2) is 6.68. The number of alkyl halides is 3. The van der Waals surface area contributed by atoms with Crippen LogP contribution in [-0.4, -0.2) is 46.5 Å². The Hall–Kier alpha value is -2.67. The summed E-state index contributed by atoms with van der Waals surface area (Å²) in [7, 11) is 1.59. The zero-order chi connectivity index (χ0) is 18.0. The molecule has 1 fully saturated rings. The van der Waals surface area contributed by atoms with Crippen LogP contribution >= 0.6 is 0 Å². The molecule has 0 unspecified atom stereocenters. The molecule has 0 spiro atoms. The van der Waals surface area contributed by atoms with E-state index in [-0.39, 0.29) is 29.9 Å². The van der Waals surface area contributed by atoms with E-state index in [1.54, 1.807) is 7.05 Å². The predicted molar refractivity (Wildman–Crippen MR) is 80.7 cm³/mol. The molecule has 132 valence electrons. The Morgan fingerprint density at radius 3 is 2.88 bits per heavy atom. The molecule has 0 aliphatic carbocycles. The first-order valence-corrected chi connectivity index (χ1v) is 7.56. The Bertz CT molecular complexity index is 771. The molecule has 10 heteroatoms. The van der Waals surface area contributed by atoms with Gasteiger partial charge in [-0.1, -0.05) is 0 Å². The Morgan fingerprint density at radius 2 is 2.24 bits per heavy atom. The maximum Gasteiger partial charge on any atom is 0.433 e. The number of aromatic nitrogens is 4. The van der Waals surface area contributed by atoms with Gasteiger partial charge in [-0.15, -0.1) is 0 Å². The summed E-state index contributed by atoms with van der Waals surface area (Å²) >= 11 is 0. The van der Waals surface area contributed by atoms with Crippen LogP contribution in [0.25, 0.3) is 0 Å². The van der Waals surface area contributed by atoms with Crippen molar-refractivity contribution >= 4 is 5.82 Å². The van der Waals surface area contributed by atoms with E-state index in [4.69, 9.17) is 4.74 Å². The third-order valence-corrected chi connectivity index (χ3v) is 4.10. The number of rotatable bonds is 4.